The average Bonchev–Trinajstić information content (AvgIpc) is 2.28. The van der Waals surface area contributed by atoms with E-state index in [-0.39, 0.29) is 22.2 Å². The van der Waals surface area contributed by atoms with Crippen molar-refractivity contribution in [2.24, 2.45) is 5.73 Å². The molecule has 1 aromatic rings. The van der Waals surface area contributed by atoms with E-state index in [1.807, 2.05) is 0 Å². The van der Waals surface area contributed by atoms with Gasteiger partial charge in [-0.1, -0.05) is 6.92 Å². The van der Waals surface area contributed by atoms with Gasteiger partial charge in [-0.3, -0.25) is 4.79 Å². The van der Waals surface area contributed by atoms with Crippen molar-refractivity contribution in [2.75, 3.05) is 12.3 Å². The number of nitrogen functional groups attached to an aromatic ring is 1. The number of sulfonamides is 1. The van der Waals surface area contributed by atoms with Gasteiger partial charge in [-0.2, -0.15) is 4.31 Å². The Morgan fingerprint density at radius 3 is 2.32 bits per heavy atom. The largest absolute Gasteiger partial charge is 0.398 e. The van der Waals surface area contributed by atoms with E-state index >= 15 is 0 Å². The highest BCUT2D eigenvalue weighted by atomic mass is 32.2. The fourth-order valence-electron chi connectivity index (χ4n) is 1.88. The fraction of sp³-hybridized carbons (Fsp3) is 0.417. The molecule has 1 rings (SSSR count). The molecule has 0 fully saturated rings. The van der Waals surface area contributed by atoms with Crippen molar-refractivity contribution in [1.82, 2.24) is 4.31 Å². The molecule has 7 heteroatoms. The fourth-order valence-corrected chi connectivity index (χ4v) is 3.62. The number of carbonyl (C=O) groups is 1. The number of rotatable bonds is 5. The molecule has 0 atom stereocenters. The van der Waals surface area contributed by atoms with Crippen molar-refractivity contribution in [2.45, 2.75) is 31.7 Å². The highest BCUT2D eigenvalue weighted by Crippen LogP contribution is 2.24. The summed E-state index contributed by atoms with van der Waals surface area (Å²) in [5.41, 5.74) is 11.1. The van der Waals surface area contributed by atoms with Crippen LogP contribution in [0.4, 0.5) is 5.69 Å². The summed E-state index contributed by atoms with van der Waals surface area (Å²) < 4.78 is 26.2. The minimum atomic E-state index is -3.67. The van der Waals surface area contributed by atoms with Crippen LogP contribution in [0.2, 0.25) is 0 Å². The zero-order valence-electron chi connectivity index (χ0n) is 11.3. The van der Waals surface area contributed by atoms with Crippen molar-refractivity contribution < 1.29 is 13.2 Å². The first kappa shape index (κ1) is 15.5. The van der Waals surface area contributed by atoms with Gasteiger partial charge in [-0.05, 0) is 32.0 Å². The number of anilines is 1. The first-order valence-electron chi connectivity index (χ1n) is 5.93. The van der Waals surface area contributed by atoms with Crippen LogP contribution < -0.4 is 11.5 Å². The standard InChI is InChI=1S/C12H19N3O3S/c1-4-15(8(2)3)19(17,18)11-6-5-9(12(14)16)7-10(11)13/h5-8H,4,13H2,1-3H3,(H2,14,16). The second kappa shape index (κ2) is 5.58. The van der Waals surface area contributed by atoms with Gasteiger partial charge in [0.25, 0.3) is 0 Å². The van der Waals surface area contributed by atoms with E-state index in [0.29, 0.717) is 6.54 Å². The average molecular weight is 285 g/mol. The van der Waals surface area contributed by atoms with Gasteiger partial charge in [-0.25, -0.2) is 8.42 Å². The molecule has 1 amide bonds. The van der Waals surface area contributed by atoms with Crippen LogP contribution in [0.25, 0.3) is 0 Å². The number of amides is 1. The summed E-state index contributed by atoms with van der Waals surface area (Å²) in [4.78, 5) is 11.0. The third-order valence-corrected chi connectivity index (χ3v) is 4.99. The van der Waals surface area contributed by atoms with Gasteiger partial charge in [0, 0.05) is 18.2 Å². The van der Waals surface area contributed by atoms with E-state index < -0.39 is 15.9 Å². The molecule has 6 nitrogen and oxygen atoms in total. The molecule has 0 saturated carbocycles. The van der Waals surface area contributed by atoms with Crippen molar-refractivity contribution in [3.05, 3.63) is 23.8 Å². The Hall–Kier alpha value is -1.60. The predicted octanol–water partition coefficient (Wildman–Crippen LogP) is 0.787. The van der Waals surface area contributed by atoms with Crippen LogP contribution in [0, 0.1) is 0 Å². The van der Waals surface area contributed by atoms with Gasteiger partial charge in [0.1, 0.15) is 4.90 Å². The Morgan fingerprint density at radius 1 is 1.37 bits per heavy atom. The molecule has 0 bridgehead atoms. The second-order valence-electron chi connectivity index (χ2n) is 4.42. The Labute approximate surface area is 113 Å². The molecule has 0 aliphatic heterocycles. The van der Waals surface area contributed by atoms with Crippen LogP contribution in [0.3, 0.4) is 0 Å². The molecular formula is C12H19N3O3S. The highest BCUT2D eigenvalue weighted by Gasteiger charge is 2.27. The first-order chi connectivity index (χ1) is 8.71. The minimum absolute atomic E-state index is 0.00644. The molecule has 0 aliphatic rings. The van der Waals surface area contributed by atoms with E-state index in [4.69, 9.17) is 11.5 Å². The molecular weight excluding hydrogens is 266 g/mol. The maximum Gasteiger partial charge on any atom is 0.248 e. The summed E-state index contributed by atoms with van der Waals surface area (Å²) in [7, 11) is -3.67. The molecule has 0 aromatic heterocycles. The lowest BCUT2D eigenvalue weighted by molar-refractivity contribution is 0.1000. The number of nitrogens with two attached hydrogens (primary N) is 2. The highest BCUT2D eigenvalue weighted by molar-refractivity contribution is 7.89. The van der Waals surface area contributed by atoms with Gasteiger partial charge in [0.15, 0.2) is 0 Å². The molecule has 0 radical (unpaired) electrons. The second-order valence-corrected chi connectivity index (χ2v) is 6.28. The van der Waals surface area contributed by atoms with Crippen LogP contribution in [-0.4, -0.2) is 31.2 Å². The molecule has 0 unspecified atom stereocenters. The number of hydrogen-bond donors (Lipinski definition) is 2. The number of nitrogens with zero attached hydrogens (tertiary/aromatic N) is 1. The van der Waals surface area contributed by atoms with Crippen LogP contribution in [0.15, 0.2) is 23.1 Å². The summed E-state index contributed by atoms with van der Waals surface area (Å²) in [5.74, 6) is -0.646. The third kappa shape index (κ3) is 3.05. The zero-order valence-corrected chi connectivity index (χ0v) is 12.1. The summed E-state index contributed by atoms with van der Waals surface area (Å²) in [6.07, 6.45) is 0. The topological polar surface area (TPSA) is 106 Å². The van der Waals surface area contributed by atoms with Crippen molar-refractivity contribution in [1.29, 1.82) is 0 Å². The summed E-state index contributed by atoms with van der Waals surface area (Å²) >= 11 is 0. The minimum Gasteiger partial charge on any atom is -0.398 e. The van der Waals surface area contributed by atoms with Crippen LogP contribution >= 0.6 is 0 Å². The smallest absolute Gasteiger partial charge is 0.248 e. The number of benzene rings is 1. The van der Waals surface area contributed by atoms with Crippen molar-refractivity contribution >= 4 is 21.6 Å². The van der Waals surface area contributed by atoms with E-state index in [2.05, 4.69) is 0 Å². The number of primary amides is 1. The quantitative estimate of drug-likeness (QED) is 0.780. The Kier molecular flexibility index (Phi) is 4.54. The van der Waals surface area contributed by atoms with Crippen LogP contribution in [0.1, 0.15) is 31.1 Å². The lowest BCUT2D eigenvalue weighted by Crippen LogP contribution is -2.37. The summed E-state index contributed by atoms with van der Waals surface area (Å²) in [6, 6.07) is 3.78. The molecule has 0 saturated heterocycles. The Bertz CT molecular complexity index is 582. The molecule has 0 aliphatic carbocycles. The van der Waals surface area contributed by atoms with Crippen LogP contribution in [-0.2, 0) is 10.0 Å². The molecule has 4 N–H and O–H groups in total. The maximum absolute atomic E-state index is 12.4. The molecule has 1 aromatic carbocycles. The summed E-state index contributed by atoms with van der Waals surface area (Å²) in [6.45, 7) is 5.67. The van der Waals surface area contributed by atoms with Crippen molar-refractivity contribution in [3.8, 4) is 0 Å². The van der Waals surface area contributed by atoms with Gasteiger partial charge < -0.3 is 11.5 Å². The van der Waals surface area contributed by atoms with Gasteiger partial charge in [0.2, 0.25) is 15.9 Å². The Morgan fingerprint density at radius 2 is 1.95 bits per heavy atom. The van der Waals surface area contributed by atoms with E-state index in [9.17, 15) is 13.2 Å². The number of carbonyl (C=O) groups excluding carboxylic acids is 1. The molecule has 19 heavy (non-hydrogen) atoms. The molecule has 106 valence electrons. The molecule has 0 spiro atoms. The Balaban J connectivity index is 3.33. The SMILES string of the molecule is CCN(C(C)C)S(=O)(=O)c1ccc(C(N)=O)cc1N. The monoisotopic (exact) mass is 285 g/mol. The normalized spacial score (nSPS) is 12.1. The van der Waals surface area contributed by atoms with E-state index in [0.717, 1.165) is 0 Å². The predicted molar refractivity (Wildman–Crippen MR) is 74.1 cm³/mol. The number of hydrogen-bond acceptors (Lipinski definition) is 4. The van der Waals surface area contributed by atoms with Gasteiger partial charge in [0.05, 0.1) is 5.69 Å². The lowest BCUT2D eigenvalue weighted by atomic mass is 10.2. The third-order valence-electron chi connectivity index (χ3n) is 2.77. The summed E-state index contributed by atoms with van der Waals surface area (Å²) in [5, 5.41) is 0. The zero-order chi connectivity index (χ0) is 14.8. The van der Waals surface area contributed by atoms with E-state index in [1.54, 1.807) is 20.8 Å². The van der Waals surface area contributed by atoms with Gasteiger partial charge in [-0.15, -0.1) is 0 Å². The molecule has 0 heterocycles. The van der Waals surface area contributed by atoms with Crippen molar-refractivity contribution in [3.63, 3.8) is 0 Å². The first-order valence-corrected chi connectivity index (χ1v) is 7.37. The van der Waals surface area contributed by atoms with Crippen LogP contribution in [0.5, 0.6) is 0 Å². The van der Waals surface area contributed by atoms with E-state index in [1.165, 1.54) is 22.5 Å². The lowest BCUT2D eigenvalue weighted by Gasteiger charge is -2.25. The van der Waals surface area contributed by atoms with Gasteiger partial charge >= 0.3 is 0 Å². The maximum atomic E-state index is 12.4.